The van der Waals surface area contributed by atoms with Gasteiger partial charge in [-0.15, -0.1) is 10.2 Å². The van der Waals surface area contributed by atoms with E-state index in [-0.39, 0.29) is 5.91 Å². The molecular weight excluding hydrogens is 318 g/mol. The summed E-state index contributed by atoms with van der Waals surface area (Å²) in [6, 6.07) is 10.2. The molecule has 0 radical (unpaired) electrons. The van der Waals surface area contributed by atoms with Gasteiger partial charge >= 0.3 is 0 Å². The van der Waals surface area contributed by atoms with Crippen LogP contribution in [0.25, 0.3) is 11.3 Å². The number of nitrogens with zero attached hydrogens (tertiary/aromatic N) is 3. The molecule has 0 atom stereocenters. The number of hydrogen-bond acceptors (Lipinski definition) is 4. The zero-order valence-corrected chi connectivity index (χ0v) is 15.1. The highest BCUT2D eigenvalue weighted by atomic mass is 32.2. The van der Waals surface area contributed by atoms with E-state index in [9.17, 15) is 4.79 Å². The molecule has 0 spiro atoms. The molecule has 1 aromatic heterocycles. The Kier molecular flexibility index (Phi) is 5.51. The van der Waals surface area contributed by atoms with Crippen molar-refractivity contribution in [2.75, 3.05) is 18.8 Å². The highest BCUT2D eigenvalue weighted by Gasteiger charge is 2.16. The fourth-order valence-corrected chi connectivity index (χ4v) is 3.54. The second kappa shape index (κ2) is 7.79. The van der Waals surface area contributed by atoms with Crippen molar-refractivity contribution in [2.45, 2.75) is 38.1 Å². The van der Waals surface area contributed by atoms with Gasteiger partial charge in [-0.25, -0.2) is 0 Å². The number of carbonyl (C=O) groups excluding carboxylic acids is 1. The molecule has 0 unspecified atom stereocenters. The van der Waals surface area contributed by atoms with Crippen LogP contribution in [-0.4, -0.2) is 39.8 Å². The first kappa shape index (κ1) is 17.0. The second-order valence-electron chi connectivity index (χ2n) is 6.29. The van der Waals surface area contributed by atoms with Crippen LogP contribution >= 0.6 is 11.8 Å². The van der Waals surface area contributed by atoms with Crippen molar-refractivity contribution in [2.24, 2.45) is 0 Å². The molecular formula is C19H23N3OS. The van der Waals surface area contributed by atoms with E-state index in [1.165, 1.54) is 29.3 Å². The number of benzene rings is 1. The Balaban J connectivity index is 1.60. The minimum Gasteiger partial charge on any atom is -0.342 e. The molecule has 3 rings (SSSR count). The van der Waals surface area contributed by atoms with Gasteiger partial charge < -0.3 is 4.90 Å². The van der Waals surface area contributed by atoms with E-state index in [4.69, 9.17) is 0 Å². The Morgan fingerprint density at radius 2 is 1.83 bits per heavy atom. The molecule has 4 nitrogen and oxygen atoms in total. The standard InChI is InChI=1S/C19H23N3OS/c1-14-6-7-16(12-15(14)2)17-8-9-18(21-20-17)24-13-19(23)22-10-4-3-5-11-22/h6-9,12H,3-5,10-11,13H2,1-2H3. The van der Waals surface area contributed by atoms with Gasteiger partial charge in [-0.05, 0) is 62.4 Å². The normalized spacial score (nSPS) is 14.7. The summed E-state index contributed by atoms with van der Waals surface area (Å²) in [5, 5.41) is 9.38. The number of carbonyl (C=O) groups is 1. The summed E-state index contributed by atoms with van der Waals surface area (Å²) in [4.78, 5) is 14.2. The van der Waals surface area contributed by atoms with Crippen molar-refractivity contribution in [3.05, 3.63) is 41.5 Å². The van der Waals surface area contributed by atoms with Gasteiger partial charge in [-0.1, -0.05) is 23.9 Å². The first-order valence-corrected chi connectivity index (χ1v) is 9.44. The lowest BCUT2D eigenvalue weighted by Gasteiger charge is -2.26. The van der Waals surface area contributed by atoms with Gasteiger partial charge in [0.15, 0.2) is 0 Å². The van der Waals surface area contributed by atoms with E-state index in [1.807, 2.05) is 17.0 Å². The molecule has 0 aliphatic carbocycles. The Bertz CT molecular complexity index is 709. The Labute approximate surface area is 147 Å². The molecule has 2 aromatic rings. The molecule has 0 bridgehead atoms. The van der Waals surface area contributed by atoms with Gasteiger partial charge in [0.05, 0.1) is 11.4 Å². The van der Waals surface area contributed by atoms with E-state index < -0.39 is 0 Å². The summed E-state index contributed by atoms with van der Waals surface area (Å²) in [6.07, 6.45) is 3.49. The number of rotatable bonds is 4. The predicted octanol–water partition coefficient (Wildman–Crippen LogP) is 3.87. The third-order valence-corrected chi connectivity index (χ3v) is 5.40. The maximum absolute atomic E-state index is 12.2. The summed E-state index contributed by atoms with van der Waals surface area (Å²) in [5.74, 6) is 0.650. The molecule has 1 aromatic carbocycles. The van der Waals surface area contributed by atoms with Gasteiger partial charge in [-0.3, -0.25) is 4.79 Å². The van der Waals surface area contributed by atoms with E-state index in [0.717, 1.165) is 42.2 Å². The highest BCUT2D eigenvalue weighted by Crippen LogP contribution is 2.22. The predicted molar refractivity (Wildman–Crippen MR) is 98.1 cm³/mol. The van der Waals surface area contributed by atoms with Gasteiger partial charge in [0, 0.05) is 18.7 Å². The molecule has 0 saturated carbocycles. The van der Waals surface area contributed by atoms with Crippen molar-refractivity contribution >= 4 is 17.7 Å². The molecule has 24 heavy (non-hydrogen) atoms. The van der Waals surface area contributed by atoms with Crippen LogP contribution in [0.2, 0.25) is 0 Å². The van der Waals surface area contributed by atoms with Crippen molar-refractivity contribution in [1.82, 2.24) is 15.1 Å². The minimum atomic E-state index is 0.208. The molecule has 126 valence electrons. The smallest absolute Gasteiger partial charge is 0.232 e. The Hall–Kier alpha value is -1.88. The first-order valence-electron chi connectivity index (χ1n) is 8.45. The van der Waals surface area contributed by atoms with Gasteiger partial charge in [-0.2, -0.15) is 0 Å². The third kappa shape index (κ3) is 4.15. The lowest BCUT2D eigenvalue weighted by molar-refractivity contribution is -0.129. The molecule has 1 amide bonds. The second-order valence-corrected chi connectivity index (χ2v) is 7.28. The third-order valence-electron chi connectivity index (χ3n) is 4.50. The molecule has 1 aliphatic heterocycles. The number of piperidine rings is 1. The van der Waals surface area contributed by atoms with Crippen LogP contribution in [0.1, 0.15) is 30.4 Å². The molecule has 0 N–H and O–H groups in total. The molecule has 2 heterocycles. The topological polar surface area (TPSA) is 46.1 Å². The molecule has 1 fully saturated rings. The minimum absolute atomic E-state index is 0.208. The number of amides is 1. The van der Waals surface area contributed by atoms with E-state index in [0.29, 0.717) is 5.75 Å². The average Bonchev–Trinajstić information content (AvgIpc) is 2.63. The summed E-state index contributed by atoms with van der Waals surface area (Å²) >= 11 is 1.47. The monoisotopic (exact) mass is 341 g/mol. The van der Waals surface area contributed by atoms with E-state index in [1.54, 1.807) is 0 Å². The van der Waals surface area contributed by atoms with Crippen molar-refractivity contribution in [3.63, 3.8) is 0 Å². The van der Waals surface area contributed by atoms with Crippen molar-refractivity contribution in [1.29, 1.82) is 0 Å². The van der Waals surface area contributed by atoms with Crippen LogP contribution in [0.15, 0.2) is 35.4 Å². The van der Waals surface area contributed by atoms with Crippen molar-refractivity contribution in [3.8, 4) is 11.3 Å². The molecule has 5 heteroatoms. The van der Waals surface area contributed by atoms with Crippen LogP contribution in [0.3, 0.4) is 0 Å². The van der Waals surface area contributed by atoms with Crippen LogP contribution in [0.4, 0.5) is 0 Å². The largest absolute Gasteiger partial charge is 0.342 e. The first-order chi connectivity index (χ1) is 11.6. The van der Waals surface area contributed by atoms with Crippen LogP contribution < -0.4 is 0 Å². The number of thioether (sulfide) groups is 1. The van der Waals surface area contributed by atoms with Gasteiger partial charge in [0.1, 0.15) is 5.03 Å². The summed E-state index contributed by atoms with van der Waals surface area (Å²) < 4.78 is 0. The fraction of sp³-hybridized carbons (Fsp3) is 0.421. The molecule has 1 aliphatic rings. The van der Waals surface area contributed by atoms with Gasteiger partial charge in [0.25, 0.3) is 0 Å². The fourth-order valence-electron chi connectivity index (χ4n) is 2.82. The summed E-state index contributed by atoms with van der Waals surface area (Å²) in [6.45, 7) is 6.00. The van der Waals surface area contributed by atoms with Crippen LogP contribution in [0, 0.1) is 13.8 Å². The summed E-state index contributed by atoms with van der Waals surface area (Å²) in [7, 11) is 0. The van der Waals surface area contributed by atoms with Crippen LogP contribution in [-0.2, 0) is 4.79 Å². The summed E-state index contributed by atoms with van der Waals surface area (Å²) in [5.41, 5.74) is 4.46. The quantitative estimate of drug-likeness (QED) is 0.792. The molecule has 1 saturated heterocycles. The zero-order valence-electron chi connectivity index (χ0n) is 14.3. The van der Waals surface area contributed by atoms with Crippen molar-refractivity contribution < 1.29 is 4.79 Å². The number of aromatic nitrogens is 2. The van der Waals surface area contributed by atoms with E-state index >= 15 is 0 Å². The van der Waals surface area contributed by atoms with Gasteiger partial charge in [0.2, 0.25) is 5.91 Å². The maximum atomic E-state index is 12.2. The highest BCUT2D eigenvalue weighted by molar-refractivity contribution is 7.99. The number of likely N-dealkylation sites (tertiary alicyclic amines) is 1. The Morgan fingerprint density at radius 1 is 1.04 bits per heavy atom. The Morgan fingerprint density at radius 3 is 2.50 bits per heavy atom. The van der Waals surface area contributed by atoms with E-state index in [2.05, 4.69) is 42.2 Å². The lowest BCUT2D eigenvalue weighted by atomic mass is 10.0. The number of aryl methyl sites for hydroxylation is 2. The SMILES string of the molecule is Cc1ccc(-c2ccc(SCC(=O)N3CCCCC3)nn2)cc1C. The lowest BCUT2D eigenvalue weighted by Crippen LogP contribution is -2.36. The zero-order chi connectivity index (χ0) is 16.9. The maximum Gasteiger partial charge on any atom is 0.232 e. The number of hydrogen-bond donors (Lipinski definition) is 0. The van der Waals surface area contributed by atoms with Crippen LogP contribution in [0.5, 0.6) is 0 Å². The average molecular weight is 341 g/mol.